The summed E-state index contributed by atoms with van der Waals surface area (Å²) in [4.78, 5) is 6.44. The molecule has 0 spiro atoms. The Morgan fingerprint density at radius 2 is 2.17 bits per heavy atom. The van der Waals surface area contributed by atoms with Gasteiger partial charge in [0, 0.05) is 11.8 Å². The molecule has 0 radical (unpaired) electrons. The fourth-order valence-electron chi connectivity index (χ4n) is 0.954. The van der Waals surface area contributed by atoms with Crippen molar-refractivity contribution in [2.24, 2.45) is 0 Å². The molecule has 0 aromatic carbocycles. The van der Waals surface area contributed by atoms with Gasteiger partial charge < -0.3 is 4.52 Å². The lowest BCUT2D eigenvalue weighted by atomic mass is 10.4. The number of aryl methyl sites for hydroxylation is 2. The second kappa shape index (κ2) is 2.71. The highest BCUT2D eigenvalue weighted by molar-refractivity contribution is 7.15. The number of hydrogen-bond acceptors (Lipinski definition) is 4. The first-order valence-electron chi connectivity index (χ1n) is 3.63. The Labute approximate surface area is 74.0 Å². The molecule has 2 aromatic rings. The van der Waals surface area contributed by atoms with Gasteiger partial charge in [-0.15, -0.1) is 11.3 Å². The standard InChI is InChI=1S/C8H8N2OS/c1-5-3-4-7(12-5)8-9-6(2)11-10-8/h3-4H,1-2H3. The third-order valence-corrected chi connectivity index (χ3v) is 2.48. The fourth-order valence-corrected chi connectivity index (χ4v) is 1.75. The summed E-state index contributed by atoms with van der Waals surface area (Å²) in [6.07, 6.45) is 0. The van der Waals surface area contributed by atoms with Crippen LogP contribution in [0.15, 0.2) is 16.7 Å². The minimum absolute atomic E-state index is 0.607. The van der Waals surface area contributed by atoms with Crippen LogP contribution in [0.4, 0.5) is 0 Å². The normalized spacial score (nSPS) is 10.5. The van der Waals surface area contributed by atoms with E-state index >= 15 is 0 Å². The van der Waals surface area contributed by atoms with Gasteiger partial charge in [0.15, 0.2) is 0 Å². The van der Waals surface area contributed by atoms with Crippen LogP contribution in [-0.4, -0.2) is 10.1 Å². The first kappa shape index (κ1) is 7.49. The molecule has 3 nitrogen and oxygen atoms in total. The van der Waals surface area contributed by atoms with Gasteiger partial charge in [-0.3, -0.25) is 0 Å². The van der Waals surface area contributed by atoms with E-state index in [4.69, 9.17) is 4.52 Å². The third-order valence-electron chi connectivity index (χ3n) is 1.49. The van der Waals surface area contributed by atoms with Gasteiger partial charge in [-0.25, -0.2) is 0 Å². The second-order valence-electron chi connectivity index (χ2n) is 2.55. The smallest absolute Gasteiger partial charge is 0.223 e. The van der Waals surface area contributed by atoms with Crippen molar-refractivity contribution in [2.75, 3.05) is 0 Å². The predicted molar refractivity (Wildman–Crippen MR) is 47.1 cm³/mol. The topological polar surface area (TPSA) is 38.9 Å². The van der Waals surface area contributed by atoms with Crippen LogP contribution >= 0.6 is 11.3 Å². The number of hydrogen-bond donors (Lipinski definition) is 0. The van der Waals surface area contributed by atoms with E-state index in [0.717, 1.165) is 4.88 Å². The van der Waals surface area contributed by atoms with E-state index in [9.17, 15) is 0 Å². The second-order valence-corrected chi connectivity index (χ2v) is 3.84. The SMILES string of the molecule is Cc1nc(-c2ccc(C)s2)no1. The first-order chi connectivity index (χ1) is 5.75. The predicted octanol–water partition coefficient (Wildman–Crippen LogP) is 2.41. The molecule has 4 heteroatoms. The van der Waals surface area contributed by atoms with Crippen LogP contribution in [-0.2, 0) is 0 Å². The maximum absolute atomic E-state index is 4.87. The minimum Gasteiger partial charge on any atom is -0.339 e. The fraction of sp³-hybridized carbons (Fsp3) is 0.250. The molecule has 0 saturated heterocycles. The van der Waals surface area contributed by atoms with E-state index in [1.54, 1.807) is 18.3 Å². The van der Waals surface area contributed by atoms with Crippen LogP contribution in [0.5, 0.6) is 0 Å². The zero-order valence-corrected chi connectivity index (χ0v) is 7.68. The summed E-state index contributed by atoms with van der Waals surface area (Å²) in [5.74, 6) is 1.29. The third kappa shape index (κ3) is 1.25. The molecule has 0 amide bonds. The molecule has 0 fully saturated rings. The van der Waals surface area contributed by atoms with E-state index in [0.29, 0.717) is 11.7 Å². The molecule has 0 atom stereocenters. The molecule has 0 aliphatic rings. The van der Waals surface area contributed by atoms with Gasteiger partial charge in [-0.1, -0.05) is 5.16 Å². The summed E-state index contributed by atoms with van der Waals surface area (Å²) in [5, 5.41) is 3.82. The van der Waals surface area contributed by atoms with Crippen LogP contribution in [0, 0.1) is 13.8 Å². The van der Waals surface area contributed by atoms with Crippen LogP contribution in [0.25, 0.3) is 10.7 Å². The van der Waals surface area contributed by atoms with E-state index in [2.05, 4.69) is 17.1 Å². The van der Waals surface area contributed by atoms with Crippen molar-refractivity contribution >= 4 is 11.3 Å². The van der Waals surface area contributed by atoms with Gasteiger partial charge in [0.05, 0.1) is 4.88 Å². The number of rotatable bonds is 1. The molecule has 62 valence electrons. The van der Waals surface area contributed by atoms with E-state index in [-0.39, 0.29) is 0 Å². The molecular formula is C8H8N2OS. The van der Waals surface area contributed by atoms with Gasteiger partial charge in [-0.05, 0) is 19.1 Å². The Bertz CT molecular complexity index is 353. The highest BCUT2D eigenvalue weighted by Crippen LogP contribution is 2.24. The van der Waals surface area contributed by atoms with Crippen LogP contribution in [0.3, 0.4) is 0 Å². The van der Waals surface area contributed by atoms with Crippen molar-refractivity contribution in [2.45, 2.75) is 13.8 Å². The van der Waals surface area contributed by atoms with E-state index in [1.165, 1.54) is 4.88 Å². The molecule has 2 rings (SSSR count). The zero-order valence-electron chi connectivity index (χ0n) is 6.87. The molecule has 0 aliphatic carbocycles. The molecule has 2 aromatic heterocycles. The molecule has 0 unspecified atom stereocenters. The van der Waals surface area contributed by atoms with Gasteiger partial charge in [0.1, 0.15) is 0 Å². The summed E-state index contributed by atoms with van der Waals surface area (Å²) in [5.41, 5.74) is 0. The maximum Gasteiger partial charge on any atom is 0.223 e. The van der Waals surface area contributed by atoms with Gasteiger partial charge in [0.25, 0.3) is 0 Å². The quantitative estimate of drug-likeness (QED) is 0.676. The van der Waals surface area contributed by atoms with Crippen molar-refractivity contribution in [3.63, 3.8) is 0 Å². The highest BCUT2D eigenvalue weighted by atomic mass is 32.1. The first-order valence-corrected chi connectivity index (χ1v) is 4.44. The summed E-state index contributed by atoms with van der Waals surface area (Å²) in [6.45, 7) is 3.85. The monoisotopic (exact) mass is 180 g/mol. The number of aromatic nitrogens is 2. The lowest BCUT2D eigenvalue weighted by molar-refractivity contribution is 0.394. The molecule has 0 saturated carbocycles. The highest BCUT2D eigenvalue weighted by Gasteiger charge is 2.06. The lowest BCUT2D eigenvalue weighted by Crippen LogP contribution is -1.73. The van der Waals surface area contributed by atoms with Crippen LogP contribution in [0.2, 0.25) is 0 Å². The Kier molecular flexibility index (Phi) is 1.69. The van der Waals surface area contributed by atoms with Crippen LogP contribution in [0.1, 0.15) is 10.8 Å². The van der Waals surface area contributed by atoms with Gasteiger partial charge in [-0.2, -0.15) is 4.98 Å². The Balaban J connectivity index is 2.43. The maximum atomic E-state index is 4.87. The molecule has 0 bridgehead atoms. The van der Waals surface area contributed by atoms with Crippen LogP contribution < -0.4 is 0 Å². The van der Waals surface area contributed by atoms with E-state index < -0.39 is 0 Å². The zero-order chi connectivity index (χ0) is 8.55. The molecule has 0 N–H and O–H groups in total. The average Bonchev–Trinajstić information content (AvgIpc) is 2.58. The largest absolute Gasteiger partial charge is 0.339 e. The van der Waals surface area contributed by atoms with Crippen molar-refractivity contribution in [1.29, 1.82) is 0 Å². The summed E-state index contributed by atoms with van der Waals surface area (Å²) in [6, 6.07) is 4.05. The molecular weight excluding hydrogens is 172 g/mol. The molecule has 0 aliphatic heterocycles. The number of thiophene rings is 1. The summed E-state index contributed by atoms with van der Waals surface area (Å²) < 4.78 is 4.87. The Morgan fingerprint density at radius 1 is 1.33 bits per heavy atom. The summed E-state index contributed by atoms with van der Waals surface area (Å²) in [7, 11) is 0. The van der Waals surface area contributed by atoms with Crippen molar-refractivity contribution in [3.05, 3.63) is 22.9 Å². The van der Waals surface area contributed by atoms with Gasteiger partial charge >= 0.3 is 0 Å². The number of nitrogens with zero attached hydrogens (tertiary/aromatic N) is 2. The minimum atomic E-state index is 0.607. The average molecular weight is 180 g/mol. The van der Waals surface area contributed by atoms with Crippen molar-refractivity contribution < 1.29 is 4.52 Å². The van der Waals surface area contributed by atoms with Crippen molar-refractivity contribution in [1.82, 2.24) is 10.1 Å². The van der Waals surface area contributed by atoms with Crippen molar-refractivity contribution in [3.8, 4) is 10.7 Å². The molecule has 12 heavy (non-hydrogen) atoms. The lowest BCUT2D eigenvalue weighted by Gasteiger charge is -1.81. The molecule has 2 heterocycles. The van der Waals surface area contributed by atoms with E-state index in [1.807, 2.05) is 12.1 Å². The summed E-state index contributed by atoms with van der Waals surface area (Å²) >= 11 is 1.67. The Hall–Kier alpha value is -1.16. The Morgan fingerprint density at radius 3 is 2.67 bits per heavy atom. The van der Waals surface area contributed by atoms with Gasteiger partial charge in [0.2, 0.25) is 11.7 Å².